The fourth-order valence-corrected chi connectivity index (χ4v) is 1.67. The molecule has 0 aliphatic heterocycles. The Kier molecular flexibility index (Phi) is 5.31. The van der Waals surface area contributed by atoms with Crippen molar-refractivity contribution in [2.45, 2.75) is 0 Å². The van der Waals surface area contributed by atoms with Gasteiger partial charge in [0, 0.05) is 22.9 Å². The van der Waals surface area contributed by atoms with Gasteiger partial charge in [0.15, 0.2) is 0 Å². The molecule has 0 heterocycles. The largest absolute Gasteiger partial charge is 0.468 e. The first-order chi connectivity index (χ1) is 10.3. The zero-order valence-corrected chi connectivity index (χ0v) is 11.7. The molecule has 104 valence electrons. The molecular formula is C18H15NO2. The number of esters is 1. The first-order valence-electron chi connectivity index (χ1n) is 6.52. The van der Waals surface area contributed by atoms with E-state index < -0.39 is 0 Å². The van der Waals surface area contributed by atoms with Gasteiger partial charge in [-0.05, 0) is 18.2 Å². The molecule has 0 amide bonds. The lowest BCUT2D eigenvalue weighted by molar-refractivity contribution is -0.138. The van der Waals surface area contributed by atoms with E-state index in [-0.39, 0.29) is 12.5 Å². The van der Waals surface area contributed by atoms with Gasteiger partial charge in [0.1, 0.15) is 6.54 Å². The molecule has 0 saturated carbocycles. The average Bonchev–Trinajstić information content (AvgIpc) is 2.54. The summed E-state index contributed by atoms with van der Waals surface area (Å²) in [6, 6.07) is 17.5. The standard InChI is InChI=1S/C18H15NO2/c1-21-18(20)14-19-13-17-10-6-5-9-16(17)12-11-15-7-3-2-4-8-15/h2-10,13H,14H2,1H3. The second-order valence-electron chi connectivity index (χ2n) is 4.25. The number of rotatable bonds is 3. The maximum atomic E-state index is 11.0. The number of methoxy groups -OCH3 is 1. The molecule has 0 fully saturated rings. The summed E-state index contributed by atoms with van der Waals surface area (Å²) in [7, 11) is 1.34. The molecule has 3 heteroatoms. The molecule has 0 spiro atoms. The van der Waals surface area contributed by atoms with Crippen LogP contribution >= 0.6 is 0 Å². The van der Waals surface area contributed by atoms with Crippen molar-refractivity contribution >= 4 is 12.2 Å². The molecule has 0 unspecified atom stereocenters. The summed E-state index contributed by atoms with van der Waals surface area (Å²) in [5.41, 5.74) is 2.71. The molecule has 3 nitrogen and oxygen atoms in total. The third kappa shape index (κ3) is 4.63. The minimum atomic E-state index is -0.362. The van der Waals surface area contributed by atoms with Crippen LogP contribution in [-0.2, 0) is 9.53 Å². The van der Waals surface area contributed by atoms with Gasteiger partial charge in [-0.15, -0.1) is 0 Å². The first kappa shape index (κ1) is 14.5. The van der Waals surface area contributed by atoms with Crippen molar-refractivity contribution in [1.82, 2.24) is 0 Å². The maximum Gasteiger partial charge on any atom is 0.327 e. The van der Waals surface area contributed by atoms with E-state index >= 15 is 0 Å². The van der Waals surface area contributed by atoms with Crippen LogP contribution in [0.4, 0.5) is 0 Å². The van der Waals surface area contributed by atoms with Crippen molar-refractivity contribution in [3.05, 3.63) is 71.3 Å². The lowest BCUT2D eigenvalue weighted by atomic mass is 10.1. The Morgan fingerprint density at radius 3 is 2.57 bits per heavy atom. The van der Waals surface area contributed by atoms with Crippen molar-refractivity contribution in [1.29, 1.82) is 0 Å². The van der Waals surface area contributed by atoms with E-state index in [1.807, 2.05) is 54.6 Å². The Balaban J connectivity index is 2.18. The third-order valence-corrected chi connectivity index (χ3v) is 2.75. The van der Waals surface area contributed by atoms with Gasteiger partial charge < -0.3 is 4.74 Å². The number of ether oxygens (including phenoxy) is 1. The van der Waals surface area contributed by atoms with Crippen LogP contribution in [0.2, 0.25) is 0 Å². The van der Waals surface area contributed by atoms with Crippen LogP contribution in [0.5, 0.6) is 0 Å². The second-order valence-corrected chi connectivity index (χ2v) is 4.25. The number of nitrogens with zero attached hydrogens (tertiary/aromatic N) is 1. The highest BCUT2D eigenvalue weighted by atomic mass is 16.5. The molecule has 0 aliphatic carbocycles. The fraction of sp³-hybridized carbons (Fsp3) is 0.111. The van der Waals surface area contributed by atoms with Crippen molar-refractivity contribution in [2.75, 3.05) is 13.7 Å². The molecular weight excluding hydrogens is 262 g/mol. The summed E-state index contributed by atoms with van der Waals surface area (Å²) in [4.78, 5) is 15.1. The van der Waals surface area contributed by atoms with Crippen LogP contribution in [0.1, 0.15) is 16.7 Å². The molecule has 0 saturated heterocycles. The highest BCUT2D eigenvalue weighted by Gasteiger charge is 1.98. The van der Waals surface area contributed by atoms with Crippen LogP contribution < -0.4 is 0 Å². The Hall–Kier alpha value is -2.86. The van der Waals surface area contributed by atoms with Gasteiger partial charge in [-0.25, -0.2) is 0 Å². The zero-order valence-electron chi connectivity index (χ0n) is 11.7. The number of hydrogen-bond acceptors (Lipinski definition) is 3. The van der Waals surface area contributed by atoms with Crippen molar-refractivity contribution in [3.63, 3.8) is 0 Å². The number of benzene rings is 2. The minimum Gasteiger partial charge on any atom is -0.468 e. The highest BCUT2D eigenvalue weighted by molar-refractivity contribution is 5.85. The van der Waals surface area contributed by atoms with Gasteiger partial charge in [0.05, 0.1) is 7.11 Å². The molecule has 2 rings (SSSR count). The number of carbonyl (C=O) groups excluding carboxylic acids is 1. The monoisotopic (exact) mass is 277 g/mol. The minimum absolute atomic E-state index is 0.0109. The molecule has 0 bridgehead atoms. The summed E-state index contributed by atoms with van der Waals surface area (Å²) in [5, 5.41) is 0. The van der Waals surface area contributed by atoms with Gasteiger partial charge in [-0.1, -0.05) is 48.2 Å². The summed E-state index contributed by atoms with van der Waals surface area (Å²) < 4.78 is 4.54. The van der Waals surface area contributed by atoms with E-state index in [1.54, 1.807) is 6.21 Å². The van der Waals surface area contributed by atoms with Crippen LogP contribution in [0.3, 0.4) is 0 Å². The van der Waals surface area contributed by atoms with Crippen LogP contribution in [0.25, 0.3) is 0 Å². The van der Waals surface area contributed by atoms with Gasteiger partial charge in [-0.3, -0.25) is 9.79 Å². The van der Waals surface area contributed by atoms with Gasteiger partial charge in [0.25, 0.3) is 0 Å². The summed E-state index contributed by atoms with van der Waals surface area (Å²) >= 11 is 0. The topological polar surface area (TPSA) is 38.7 Å². The molecule has 2 aromatic carbocycles. The van der Waals surface area contributed by atoms with Gasteiger partial charge >= 0.3 is 5.97 Å². The second kappa shape index (κ2) is 7.66. The van der Waals surface area contributed by atoms with E-state index in [1.165, 1.54) is 7.11 Å². The molecule has 0 N–H and O–H groups in total. The number of aliphatic imine (C=N–C) groups is 1. The molecule has 0 radical (unpaired) electrons. The van der Waals surface area contributed by atoms with Crippen molar-refractivity contribution in [2.24, 2.45) is 4.99 Å². The van der Waals surface area contributed by atoms with E-state index in [9.17, 15) is 4.79 Å². The van der Waals surface area contributed by atoms with E-state index in [4.69, 9.17) is 0 Å². The predicted molar refractivity (Wildman–Crippen MR) is 83.3 cm³/mol. The zero-order chi connectivity index (χ0) is 14.9. The number of carbonyl (C=O) groups is 1. The normalized spacial score (nSPS) is 9.95. The Bertz CT molecular complexity index is 694. The van der Waals surface area contributed by atoms with Gasteiger partial charge in [-0.2, -0.15) is 0 Å². The molecule has 21 heavy (non-hydrogen) atoms. The summed E-state index contributed by atoms with van der Waals surface area (Å²) in [6.07, 6.45) is 1.64. The fourth-order valence-electron chi connectivity index (χ4n) is 1.67. The van der Waals surface area contributed by atoms with Crippen LogP contribution in [-0.4, -0.2) is 25.8 Å². The van der Waals surface area contributed by atoms with E-state index in [2.05, 4.69) is 21.6 Å². The van der Waals surface area contributed by atoms with Gasteiger partial charge in [0.2, 0.25) is 0 Å². The Labute approximate surface area is 124 Å². The smallest absolute Gasteiger partial charge is 0.327 e. The molecule has 0 atom stereocenters. The average molecular weight is 277 g/mol. The lowest BCUT2D eigenvalue weighted by Gasteiger charge is -1.98. The van der Waals surface area contributed by atoms with Crippen LogP contribution in [0, 0.1) is 11.8 Å². The highest BCUT2D eigenvalue weighted by Crippen LogP contribution is 2.05. The van der Waals surface area contributed by atoms with Crippen LogP contribution in [0.15, 0.2) is 59.6 Å². The predicted octanol–water partition coefficient (Wildman–Crippen LogP) is 2.68. The van der Waals surface area contributed by atoms with Crippen molar-refractivity contribution in [3.8, 4) is 11.8 Å². The quantitative estimate of drug-likeness (QED) is 0.491. The summed E-state index contributed by atoms with van der Waals surface area (Å²) in [6.45, 7) is 0.0109. The Morgan fingerprint density at radius 2 is 1.81 bits per heavy atom. The molecule has 0 aliphatic rings. The van der Waals surface area contributed by atoms with E-state index in [0.717, 1.165) is 16.7 Å². The lowest BCUT2D eigenvalue weighted by Crippen LogP contribution is -2.04. The first-order valence-corrected chi connectivity index (χ1v) is 6.52. The molecule has 0 aromatic heterocycles. The molecule has 2 aromatic rings. The maximum absolute atomic E-state index is 11.0. The van der Waals surface area contributed by atoms with E-state index in [0.29, 0.717) is 0 Å². The third-order valence-electron chi connectivity index (χ3n) is 2.75. The Morgan fingerprint density at radius 1 is 1.10 bits per heavy atom. The SMILES string of the molecule is COC(=O)CN=Cc1ccccc1C#Cc1ccccc1. The number of hydrogen-bond donors (Lipinski definition) is 0. The van der Waals surface area contributed by atoms with Crippen molar-refractivity contribution < 1.29 is 9.53 Å². The summed E-state index contributed by atoms with van der Waals surface area (Å²) in [5.74, 6) is 5.87.